The van der Waals surface area contributed by atoms with Crippen LogP contribution in [0, 0.1) is 0 Å². The molecule has 31 heavy (non-hydrogen) atoms. The van der Waals surface area contributed by atoms with Gasteiger partial charge in [0.05, 0.1) is 16.9 Å². The number of nitrogens with two attached hydrogens (primary N) is 1. The fourth-order valence-corrected chi connectivity index (χ4v) is 3.15. The second-order valence-electron chi connectivity index (χ2n) is 6.89. The molecular formula is C23H24F3N5. The Morgan fingerprint density at radius 1 is 1.06 bits per heavy atom. The third-order valence-electron chi connectivity index (χ3n) is 4.60. The number of pyridine rings is 1. The molecule has 8 heteroatoms. The van der Waals surface area contributed by atoms with Crippen molar-refractivity contribution in [2.24, 2.45) is 5.84 Å². The van der Waals surface area contributed by atoms with Crippen LogP contribution in [0.4, 0.5) is 30.4 Å². The molecule has 0 radical (unpaired) electrons. The summed E-state index contributed by atoms with van der Waals surface area (Å²) in [5.74, 6) is 5.87. The molecule has 5 N–H and O–H groups in total. The zero-order valence-corrected chi connectivity index (χ0v) is 17.1. The van der Waals surface area contributed by atoms with Crippen LogP contribution in [0.2, 0.25) is 0 Å². The summed E-state index contributed by atoms with van der Waals surface area (Å²) in [6.07, 6.45) is -3.55. The molecule has 0 spiro atoms. The van der Waals surface area contributed by atoms with Crippen molar-refractivity contribution in [2.75, 3.05) is 22.6 Å². The van der Waals surface area contributed by atoms with Crippen LogP contribution in [0.25, 0.3) is 17.0 Å². The Morgan fingerprint density at radius 3 is 2.48 bits per heavy atom. The second-order valence-corrected chi connectivity index (χ2v) is 6.89. The summed E-state index contributed by atoms with van der Waals surface area (Å²) in [7, 11) is 0. The van der Waals surface area contributed by atoms with E-state index in [0.29, 0.717) is 17.2 Å². The lowest BCUT2D eigenvalue weighted by molar-refractivity contribution is -0.137. The summed E-state index contributed by atoms with van der Waals surface area (Å²) >= 11 is 0. The number of nitrogens with zero attached hydrogens (tertiary/aromatic N) is 1. The predicted octanol–water partition coefficient (Wildman–Crippen LogP) is 5.96. The lowest BCUT2D eigenvalue weighted by Crippen LogP contribution is -2.11. The number of hydrogen-bond acceptors (Lipinski definition) is 5. The van der Waals surface area contributed by atoms with E-state index in [4.69, 9.17) is 5.84 Å². The minimum atomic E-state index is -4.51. The summed E-state index contributed by atoms with van der Waals surface area (Å²) in [6.45, 7) is 6.95. The number of rotatable bonds is 8. The largest absolute Gasteiger partial charge is 0.417 e. The molecule has 0 bridgehead atoms. The van der Waals surface area contributed by atoms with Crippen LogP contribution in [-0.4, -0.2) is 11.5 Å². The summed E-state index contributed by atoms with van der Waals surface area (Å²) in [4.78, 5) is 4.40. The highest BCUT2D eigenvalue weighted by Crippen LogP contribution is 2.37. The van der Waals surface area contributed by atoms with Crippen molar-refractivity contribution in [1.29, 1.82) is 0 Å². The van der Waals surface area contributed by atoms with Crippen LogP contribution in [0.3, 0.4) is 0 Å². The smallest absolute Gasteiger partial charge is 0.385 e. The molecule has 0 amide bonds. The summed E-state index contributed by atoms with van der Waals surface area (Å²) < 4.78 is 40.5. The molecule has 0 atom stereocenters. The third-order valence-corrected chi connectivity index (χ3v) is 4.60. The predicted molar refractivity (Wildman–Crippen MR) is 120 cm³/mol. The molecule has 0 unspecified atom stereocenters. The Labute approximate surface area is 179 Å². The Balaban J connectivity index is 1.97. The molecule has 0 saturated carbocycles. The van der Waals surface area contributed by atoms with Gasteiger partial charge in [-0.25, -0.2) is 4.98 Å². The van der Waals surface area contributed by atoms with E-state index >= 15 is 0 Å². The average molecular weight is 427 g/mol. The molecule has 0 fully saturated rings. The molecular weight excluding hydrogens is 403 g/mol. The third kappa shape index (κ3) is 5.35. The van der Waals surface area contributed by atoms with Crippen LogP contribution in [0.1, 0.15) is 24.5 Å². The molecule has 0 saturated heterocycles. The van der Waals surface area contributed by atoms with Gasteiger partial charge in [-0.15, -0.1) is 0 Å². The average Bonchev–Trinajstić information content (AvgIpc) is 2.77. The first kappa shape index (κ1) is 22.2. The van der Waals surface area contributed by atoms with Crippen molar-refractivity contribution in [2.45, 2.75) is 19.5 Å². The van der Waals surface area contributed by atoms with Gasteiger partial charge in [0.1, 0.15) is 5.82 Å². The number of nitrogens with one attached hydrogen (secondary N) is 3. The first-order chi connectivity index (χ1) is 14.8. The standard InChI is InChI=1S/C23H24F3N5/c1-3-12-28-20-11-7-5-8-17(20)15(2)29-22-14-16(31-27)13-21(30-22)18-9-4-6-10-19(18)23(24,25)26/h4-11,13-14,28H,2-3,12,27H2,1H3,(H2,29,30,31). The van der Waals surface area contributed by atoms with Crippen molar-refractivity contribution < 1.29 is 13.2 Å². The molecule has 2 aromatic carbocycles. The molecule has 5 nitrogen and oxygen atoms in total. The number of benzene rings is 2. The summed E-state index contributed by atoms with van der Waals surface area (Å²) in [5.41, 5.74) is 4.51. The van der Waals surface area contributed by atoms with E-state index in [9.17, 15) is 13.2 Å². The van der Waals surface area contributed by atoms with Crippen LogP contribution < -0.4 is 21.9 Å². The maximum Gasteiger partial charge on any atom is 0.417 e. The topological polar surface area (TPSA) is 75.0 Å². The number of anilines is 3. The van der Waals surface area contributed by atoms with Gasteiger partial charge in [0, 0.05) is 35.1 Å². The number of alkyl halides is 3. The number of hydrogen-bond donors (Lipinski definition) is 4. The van der Waals surface area contributed by atoms with Crippen molar-refractivity contribution >= 4 is 22.9 Å². The highest BCUT2D eigenvalue weighted by Gasteiger charge is 2.33. The highest BCUT2D eigenvalue weighted by molar-refractivity contribution is 5.83. The molecule has 1 aromatic heterocycles. The fourth-order valence-electron chi connectivity index (χ4n) is 3.15. The van der Waals surface area contributed by atoms with E-state index in [1.54, 1.807) is 6.07 Å². The van der Waals surface area contributed by atoms with Gasteiger partial charge in [0.2, 0.25) is 0 Å². The van der Waals surface area contributed by atoms with Crippen LogP contribution in [0.15, 0.2) is 67.2 Å². The second kappa shape index (κ2) is 9.53. The van der Waals surface area contributed by atoms with Crippen molar-refractivity contribution in [3.8, 4) is 11.3 Å². The molecule has 3 aromatic rings. The molecule has 0 aliphatic rings. The Kier molecular flexibility index (Phi) is 6.81. The minimum absolute atomic E-state index is 0.0363. The van der Waals surface area contributed by atoms with E-state index in [1.165, 1.54) is 24.3 Å². The van der Waals surface area contributed by atoms with Gasteiger partial charge in [0.15, 0.2) is 0 Å². The van der Waals surface area contributed by atoms with Crippen LogP contribution in [-0.2, 0) is 6.18 Å². The SMILES string of the molecule is C=C(Nc1cc(NN)cc(-c2ccccc2C(F)(F)F)n1)c1ccccc1NCCC. The number of hydrazine groups is 1. The fraction of sp³-hybridized carbons (Fsp3) is 0.174. The van der Waals surface area contributed by atoms with Gasteiger partial charge >= 0.3 is 6.18 Å². The maximum absolute atomic E-state index is 13.5. The number of nitrogen functional groups attached to an aromatic ring is 1. The van der Waals surface area contributed by atoms with Gasteiger partial charge in [-0.1, -0.05) is 49.9 Å². The lowest BCUT2D eigenvalue weighted by atomic mass is 10.0. The number of aromatic nitrogens is 1. The molecule has 162 valence electrons. The maximum atomic E-state index is 13.5. The zero-order chi connectivity index (χ0) is 22.4. The van der Waals surface area contributed by atoms with Crippen molar-refractivity contribution in [1.82, 2.24) is 4.98 Å². The monoisotopic (exact) mass is 427 g/mol. The van der Waals surface area contributed by atoms with Gasteiger partial charge in [-0.2, -0.15) is 13.2 Å². The number of para-hydroxylation sites is 1. The van der Waals surface area contributed by atoms with E-state index < -0.39 is 11.7 Å². The Hall–Kier alpha value is -3.52. The molecule has 0 aliphatic heterocycles. The van der Waals surface area contributed by atoms with Gasteiger partial charge in [-0.05, 0) is 24.6 Å². The van der Waals surface area contributed by atoms with Crippen LogP contribution in [0.5, 0.6) is 0 Å². The molecule has 0 aliphatic carbocycles. The molecule has 3 rings (SSSR count). The molecule has 1 heterocycles. The van der Waals surface area contributed by atoms with Gasteiger partial charge in [-0.3, -0.25) is 5.84 Å². The summed E-state index contributed by atoms with van der Waals surface area (Å²) in [5, 5.41) is 6.43. The van der Waals surface area contributed by atoms with E-state index in [0.717, 1.165) is 30.3 Å². The van der Waals surface area contributed by atoms with Crippen molar-refractivity contribution in [3.63, 3.8) is 0 Å². The first-order valence-electron chi connectivity index (χ1n) is 9.78. The van der Waals surface area contributed by atoms with Gasteiger partial charge in [0.25, 0.3) is 0 Å². The zero-order valence-electron chi connectivity index (χ0n) is 17.1. The van der Waals surface area contributed by atoms with Gasteiger partial charge < -0.3 is 16.1 Å². The number of halogens is 3. The Bertz CT molecular complexity index is 1060. The Morgan fingerprint density at radius 2 is 1.77 bits per heavy atom. The summed E-state index contributed by atoms with van der Waals surface area (Å²) in [6, 6.07) is 16.0. The highest BCUT2D eigenvalue weighted by atomic mass is 19.4. The van der Waals surface area contributed by atoms with E-state index in [-0.39, 0.29) is 11.3 Å². The van der Waals surface area contributed by atoms with Crippen molar-refractivity contribution in [3.05, 3.63) is 78.4 Å². The van der Waals surface area contributed by atoms with Crippen LogP contribution >= 0.6 is 0 Å². The van der Waals surface area contributed by atoms with E-state index in [2.05, 4.69) is 34.5 Å². The van der Waals surface area contributed by atoms with E-state index in [1.807, 2.05) is 24.3 Å². The lowest BCUT2D eigenvalue weighted by Gasteiger charge is -2.17. The quantitative estimate of drug-likeness (QED) is 0.264. The normalized spacial score (nSPS) is 11.1. The minimum Gasteiger partial charge on any atom is -0.385 e. The first-order valence-corrected chi connectivity index (χ1v) is 9.78.